The number of piperidine rings is 1. The monoisotopic (exact) mass is 406 g/mol. The van der Waals surface area contributed by atoms with E-state index in [1.54, 1.807) is 12.1 Å². The molecule has 1 aliphatic carbocycles. The van der Waals surface area contributed by atoms with Gasteiger partial charge in [0.2, 0.25) is 10.0 Å². The maximum atomic E-state index is 13.3. The van der Waals surface area contributed by atoms with Crippen molar-refractivity contribution in [3.63, 3.8) is 0 Å². The van der Waals surface area contributed by atoms with Gasteiger partial charge in [0.25, 0.3) is 5.91 Å². The van der Waals surface area contributed by atoms with Gasteiger partial charge in [-0.05, 0) is 62.6 Å². The first-order valence-electron chi connectivity index (χ1n) is 10.5. The molecular weight excluding hydrogens is 376 g/mol. The Balaban J connectivity index is 1.65. The zero-order valence-corrected chi connectivity index (χ0v) is 17.4. The first-order valence-corrected chi connectivity index (χ1v) is 12.0. The molecule has 2 aliphatic heterocycles. The van der Waals surface area contributed by atoms with E-state index in [2.05, 4.69) is 0 Å². The largest absolute Gasteiger partial charge is 0.495 e. The number of ether oxygens (including phenoxy) is 1. The summed E-state index contributed by atoms with van der Waals surface area (Å²) in [5, 5.41) is 0. The lowest BCUT2D eigenvalue weighted by atomic mass is 9.78. The predicted molar refractivity (Wildman–Crippen MR) is 107 cm³/mol. The number of hydrogen-bond acceptors (Lipinski definition) is 4. The van der Waals surface area contributed by atoms with Gasteiger partial charge in [0.1, 0.15) is 10.6 Å². The van der Waals surface area contributed by atoms with Crippen LogP contribution in [0.3, 0.4) is 0 Å². The number of hydrogen-bond donors (Lipinski definition) is 0. The zero-order chi connectivity index (χ0) is 19.7. The van der Waals surface area contributed by atoms with E-state index in [4.69, 9.17) is 4.74 Å². The summed E-state index contributed by atoms with van der Waals surface area (Å²) >= 11 is 0. The molecule has 0 radical (unpaired) electrons. The fourth-order valence-corrected chi connectivity index (χ4v) is 6.82. The summed E-state index contributed by atoms with van der Waals surface area (Å²) in [5.41, 5.74) is 0.449. The second-order valence-corrected chi connectivity index (χ2v) is 10.1. The average Bonchev–Trinajstić information content (AvgIpc) is 3.28. The van der Waals surface area contributed by atoms with Gasteiger partial charge in [-0.3, -0.25) is 4.79 Å². The van der Waals surface area contributed by atoms with E-state index in [1.165, 1.54) is 43.2 Å². The number of benzene rings is 1. The molecule has 154 valence electrons. The average molecular weight is 407 g/mol. The number of carbonyl (C=O) groups is 1. The fourth-order valence-electron chi connectivity index (χ4n) is 5.12. The summed E-state index contributed by atoms with van der Waals surface area (Å²) in [5.74, 6) is 0.854. The Kier molecular flexibility index (Phi) is 5.65. The molecule has 1 aromatic rings. The Hall–Kier alpha value is -1.60. The van der Waals surface area contributed by atoms with Crippen LogP contribution in [0.5, 0.6) is 5.75 Å². The van der Waals surface area contributed by atoms with Crippen LogP contribution in [0.2, 0.25) is 0 Å². The molecule has 3 aliphatic rings. The third kappa shape index (κ3) is 3.54. The number of sulfonamides is 1. The lowest BCUT2D eigenvalue weighted by Crippen LogP contribution is -2.49. The summed E-state index contributed by atoms with van der Waals surface area (Å²) < 4.78 is 33.1. The molecule has 4 rings (SSSR count). The molecule has 0 unspecified atom stereocenters. The number of likely N-dealkylation sites (tertiary alicyclic amines) is 1. The smallest absolute Gasteiger partial charge is 0.254 e. The molecule has 1 amide bonds. The highest BCUT2D eigenvalue weighted by Crippen LogP contribution is 2.37. The molecule has 28 heavy (non-hydrogen) atoms. The minimum absolute atomic E-state index is 0.0443. The third-order valence-electron chi connectivity index (χ3n) is 6.60. The molecule has 1 aromatic carbocycles. The summed E-state index contributed by atoms with van der Waals surface area (Å²) in [4.78, 5) is 15.4. The summed E-state index contributed by atoms with van der Waals surface area (Å²) in [7, 11) is -2.18. The SMILES string of the molecule is COc1ccc(C(=O)N2CCC[C@@H]3CCCC[C@H]32)cc1S(=O)(=O)N1CCCC1. The van der Waals surface area contributed by atoms with Crippen LogP contribution >= 0.6 is 0 Å². The van der Waals surface area contributed by atoms with Gasteiger partial charge in [-0.25, -0.2) is 8.42 Å². The van der Waals surface area contributed by atoms with Gasteiger partial charge in [-0.15, -0.1) is 0 Å². The first kappa shape index (κ1) is 19.7. The lowest BCUT2D eigenvalue weighted by molar-refractivity contribution is 0.0390. The highest BCUT2D eigenvalue weighted by Gasteiger charge is 2.37. The standard InChI is InChI=1S/C21H30N2O4S/c1-27-19-11-10-17(15-20(19)28(25,26)22-12-4-5-13-22)21(24)23-14-6-8-16-7-2-3-9-18(16)23/h10-11,15-16,18H,2-9,12-14H2,1H3/t16-,18+/m0/s1. The van der Waals surface area contributed by atoms with Gasteiger partial charge >= 0.3 is 0 Å². The maximum absolute atomic E-state index is 13.3. The number of rotatable bonds is 4. The van der Waals surface area contributed by atoms with E-state index < -0.39 is 10.0 Å². The molecule has 1 saturated carbocycles. The van der Waals surface area contributed by atoms with Crippen molar-refractivity contribution in [2.45, 2.75) is 62.3 Å². The molecular formula is C21H30N2O4S. The number of methoxy groups -OCH3 is 1. The molecule has 2 heterocycles. The summed E-state index contributed by atoms with van der Waals surface area (Å²) in [6, 6.07) is 5.16. The quantitative estimate of drug-likeness (QED) is 0.770. The van der Waals surface area contributed by atoms with E-state index in [1.807, 2.05) is 4.90 Å². The van der Waals surface area contributed by atoms with Crippen LogP contribution < -0.4 is 4.74 Å². The Bertz CT molecular complexity index is 831. The topological polar surface area (TPSA) is 66.9 Å². The van der Waals surface area contributed by atoms with Crippen molar-refractivity contribution in [3.8, 4) is 5.75 Å². The highest BCUT2D eigenvalue weighted by atomic mass is 32.2. The van der Waals surface area contributed by atoms with E-state index in [0.29, 0.717) is 36.4 Å². The van der Waals surface area contributed by atoms with E-state index in [-0.39, 0.29) is 10.8 Å². The van der Waals surface area contributed by atoms with Crippen LogP contribution in [-0.4, -0.2) is 56.3 Å². The summed E-state index contributed by atoms with van der Waals surface area (Å²) in [6.07, 6.45) is 8.66. The molecule has 0 N–H and O–H groups in total. The van der Waals surface area contributed by atoms with E-state index >= 15 is 0 Å². The number of carbonyl (C=O) groups excluding carboxylic acids is 1. The molecule has 3 fully saturated rings. The highest BCUT2D eigenvalue weighted by molar-refractivity contribution is 7.89. The number of nitrogens with zero attached hydrogens (tertiary/aromatic N) is 2. The maximum Gasteiger partial charge on any atom is 0.254 e. The van der Waals surface area contributed by atoms with Crippen LogP contribution in [0.25, 0.3) is 0 Å². The van der Waals surface area contributed by atoms with E-state index in [0.717, 1.165) is 32.2 Å². The molecule has 2 saturated heterocycles. The van der Waals surface area contributed by atoms with Crippen molar-refractivity contribution in [2.24, 2.45) is 5.92 Å². The molecule has 0 spiro atoms. The minimum Gasteiger partial charge on any atom is -0.495 e. The summed E-state index contributed by atoms with van der Waals surface area (Å²) in [6.45, 7) is 1.82. The Morgan fingerprint density at radius 1 is 1.00 bits per heavy atom. The van der Waals surface area contributed by atoms with E-state index in [9.17, 15) is 13.2 Å². The van der Waals surface area contributed by atoms with Crippen molar-refractivity contribution in [1.29, 1.82) is 0 Å². The van der Waals surface area contributed by atoms with Crippen molar-refractivity contribution in [3.05, 3.63) is 23.8 Å². The van der Waals surface area contributed by atoms with Crippen molar-refractivity contribution in [1.82, 2.24) is 9.21 Å². The minimum atomic E-state index is -3.65. The Morgan fingerprint density at radius 2 is 1.71 bits per heavy atom. The molecule has 6 nitrogen and oxygen atoms in total. The molecule has 7 heteroatoms. The van der Waals surface area contributed by atoms with Crippen LogP contribution in [0.1, 0.15) is 61.7 Å². The predicted octanol–water partition coefficient (Wildman–Crippen LogP) is 3.27. The van der Waals surface area contributed by atoms with Gasteiger partial charge in [0, 0.05) is 31.2 Å². The van der Waals surface area contributed by atoms with Gasteiger partial charge in [-0.1, -0.05) is 12.8 Å². The Labute approximate surface area is 167 Å². The first-order chi connectivity index (χ1) is 13.5. The number of fused-ring (bicyclic) bond motifs is 1. The van der Waals surface area contributed by atoms with Crippen molar-refractivity contribution < 1.29 is 17.9 Å². The second kappa shape index (κ2) is 8.03. The van der Waals surface area contributed by atoms with Crippen LogP contribution in [0.15, 0.2) is 23.1 Å². The van der Waals surface area contributed by atoms with Gasteiger partial charge < -0.3 is 9.64 Å². The lowest BCUT2D eigenvalue weighted by Gasteiger charge is -2.44. The molecule has 0 bridgehead atoms. The van der Waals surface area contributed by atoms with Gasteiger partial charge in [0.05, 0.1) is 7.11 Å². The molecule has 2 atom stereocenters. The Morgan fingerprint density at radius 3 is 2.46 bits per heavy atom. The van der Waals surface area contributed by atoms with Crippen LogP contribution in [0, 0.1) is 5.92 Å². The van der Waals surface area contributed by atoms with Crippen molar-refractivity contribution >= 4 is 15.9 Å². The molecule has 0 aromatic heterocycles. The second-order valence-electron chi connectivity index (χ2n) is 8.23. The number of amides is 1. The third-order valence-corrected chi connectivity index (χ3v) is 8.52. The van der Waals surface area contributed by atoms with Crippen molar-refractivity contribution in [2.75, 3.05) is 26.7 Å². The van der Waals surface area contributed by atoms with Gasteiger partial charge in [0.15, 0.2) is 0 Å². The van der Waals surface area contributed by atoms with Gasteiger partial charge in [-0.2, -0.15) is 4.31 Å². The normalized spacial score (nSPS) is 26.1. The zero-order valence-electron chi connectivity index (χ0n) is 16.6. The van der Waals surface area contributed by atoms with Crippen LogP contribution in [-0.2, 0) is 10.0 Å². The van der Waals surface area contributed by atoms with Crippen LogP contribution in [0.4, 0.5) is 0 Å². The fraction of sp³-hybridized carbons (Fsp3) is 0.667.